The number of aromatic nitrogens is 4. The molecule has 0 aliphatic carbocycles. The molecule has 1 N–H and O–H groups in total. The summed E-state index contributed by atoms with van der Waals surface area (Å²) in [5, 5.41) is 7.55. The van der Waals surface area contributed by atoms with E-state index in [9.17, 15) is 4.39 Å². The van der Waals surface area contributed by atoms with E-state index in [4.69, 9.17) is 0 Å². The van der Waals surface area contributed by atoms with E-state index in [1.54, 1.807) is 10.7 Å². The number of fused-ring (bicyclic) bond motifs is 1. The highest BCUT2D eigenvalue weighted by Gasteiger charge is 2.19. The first kappa shape index (κ1) is 15.9. The highest BCUT2D eigenvalue weighted by atomic mass is 19.1. The molecule has 1 saturated heterocycles. The molecule has 130 valence electrons. The van der Waals surface area contributed by atoms with Crippen LogP contribution in [0, 0.1) is 12.7 Å². The fourth-order valence-corrected chi connectivity index (χ4v) is 3.06. The van der Waals surface area contributed by atoms with E-state index >= 15 is 0 Å². The molecule has 0 atom stereocenters. The number of benzene rings is 1. The average Bonchev–Trinajstić information content (AvgIpc) is 2.95. The van der Waals surface area contributed by atoms with Gasteiger partial charge in [-0.05, 0) is 32.2 Å². The van der Waals surface area contributed by atoms with Crippen LogP contribution >= 0.6 is 0 Å². The zero-order valence-corrected chi connectivity index (χ0v) is 14.3. The minimum atomic E-state index is -0.302. The van der Waals surface area contributed by atoms with Gasteiger partial charge in [0.2, 0.25) is 0 Å². The van der Waals surface area contributed by atoms with Crippen LogP contribution in [0.2, 0.25) is 0 Å². The van der Waals surface area contributed by atoms with Crippen molar-refractivity contribution in [2.24, 2.45) is 0 Å². The molecule has 0 amide bonds. The maximum absolute atomic E-state index is 13.6. The third kappa shape index (κ3) is 3.06. The highest BCUT2D eigenvalue weighted by molar-refractivity contribution is 5.89. The van der Waals surface area contributed by atoms with Gasteiger partial charge in [-0.15, -0.1) is 0 Å². The molecule has 0 spiro atoms. The molecule has 1 aliphatic heterocycles. The lowest BCUT2D eigenvalue weighted by atomic mass is 10.3. The predicted octanol–water partition coefficient (Wildman–Crippen LogP) is 1.84. The van der Waals surface area contributed by atoms with E-state index in [1.165, 1.54) is 18.5 Å². The second-order valence-corrected chi connectivity index (χ2v) is 6.30. The van der Waals surface area contributed by atoms with E-state index in [2.05, 4.69) is 37.4 Å². The lowest BCUT2D eigenvalue weighted by Gasteiger charge is -2.32. The summed E-state index contributed by atoms with van der Waals surface area (Å²) in [6.07, 6.45) is 1.51. The summed E-state index contributed by atoms with van der Waals surface area (Å²) in [5.74, 6) is 0.429. The van der Waals surface area contributed by atoms with E-state index in [0.717, 1.165) is 43.1 Å². The van der Waals surface area contributed by atoms with Crippen LogP contribution in [0.1, 0.15) is 5.69 Å². The quantitative estimate of drug-likeness (QED) is 0.784. The molecule has 1 aromatic carbocycles. The van der Waals surface area contributed by atoms with Crippen LogP contribution in [-0.2, 0) is 0 Å². The zero-order valence-electron chi connectivity index (χ0n) is 14.3. The van der Waals surface area contributed by atoms with E-state index in [1.807, 2.05) is 13.0 Å². The summed E-state index contributed by atoms with van der Waals surface area (Å²) in [5.41, 5.74) is 5.49. The second-order valence-electron chi connectivity index (χ2n) is 6.30. The fourth-order valence-electron chi connectivity index (χ4n) is 3.06. The molecule has 1 aliphatic rings. The Morgan fingerprint density at radius 2 is 1.92 bits per heavy atom. The summed E-state index contributed by atoms with van der Waals surface area (Å²) >= 11 is 0. The second kappa shape index (κ2) is 6.38. The Labute approximate surface area is 145 Å². The van der Waals surface area contributed by atoms with Crippen LogP contribution in [0.3, 0.4) is 0 Å². The van der Waals surface area contributed by atoms with Crippen LogP contribution in [0.5, 0.6) is 0 Å². The van der Waals surface area contributed by atoms with Gasteiger partial charge in [-0.25, -0.2) is 24.0 Å². The predicted molar refractivity (Wildman–Crippen MR) is 94.0 cm³/mol. The number of aryl methyl sites for hydroxylation is 1. The molecule has 3 heterocycles. The van der Waals surface area contributed by atoms with Gasteiger partial charge in [-0.1, -0.05) is 6.07 Å². The van der Waals surface area contributed by atoms with Gasteiger partial charge in [0.25, 0.3) is 0 Å². The number of rotatable bonds is 3. The van der Waals surface area contributed by atoms with Crippen molar-refractivity contribution >= 4 is 16.9 Å². The number of piperazine rings is 1. The van der Waals surface area contributed by atoms with Crippen LogP contribution < -0.4 is 5.43 Å². The molecular weight excluding hydrogens is 321 g/mol. The minimum absolute atomic E-state index is 0.302. The number of anilines is 1. The summed E-state index contributed by atoms with van der Waals surface area (Å²) in [6, 6.07) is 6.34. The maximum Gasteiger partial charge on any atom is 0.168 e. The van der Waals surface area contributed by atoms with Gasteiger partial charge in [0.15, 0.2) is 11.5 Å². The van der Waals surface area contributed by atoms with Crippen molar-refractivity contribution < 1.29 is 4.39 Å². The van der Waals surface area contributed by atoms with Crippen LogP contribution in [0.4, 0.5) is 10.2 Å². The summed E-state index contributed by atoms with van der Waals surface area (Å²) in [6.45, 7) is 5.75. The molecule has 0 bridgehead atoms. The molecule has 8 heteroatoms. The first-order valence-corrected chi connectivity index (χ1v) is 8.28. The van der Waals surface area contributed by atoms with Crippen molar-refractivity contribution in [2.75, 3.05) is 38.7 Å². The SMILES string of the molecule is Cc1nn(-c2cccc(F)c2)c2ncnc(NN3CCN(C)CC3)c12. The van der Waals surface area contributed by atoms with Crippen LogP contribution in [0.15, 0.2) is 30.6 Å². The first-order valence-electron chi connectivity index (χ1n) is 8.28. The van der Waals surface area contributed by atoms with Gasteiger partial charge < -0.3 is 10.3 Å². The van der Waals surface area contributed by atoms with Gasteiger partial charge >= 0.3 is 0 Å². The molecule has 7 nitrogen and oxygen atoms in total. The van der Waals surface area contributed by atoms with Gasteiger partial charge in [0.1, 0.15) is 12.1 Å². The Morgan fingerprint density at radius 3 is 2.68 bits per heavy atom. The monoisotopic (exact) mass is 341 g/mol. The lowest BCUT2D eigenvalue weighted by molar-refractivity contribution is 0.178. The normalized spacial score (nSPS) is 16.4. The highest BCUT2D eigenvalue weighted by Crippen LogP contribution is 2.26. The van der Waals surface area contributed by atoms with Crippen molar-refractivity contribution in [1.82, 2.24) is 29.7 Å². The van der Waals surface area contributed by atoms with Crippen molar-refractivity contribution in [2.45, 2.75) is 6.92 Å². The Balaban J connectivity index is 1.72. The fraction of sp³-hybridized carbons (Fsp3) is 0.353. The molecule has 2 aromatic heterocycles. The molecule has 1 fully saturated rings. The zero-order chi connectivity index (χ0) is 17.4. The van der Waals surface area contributed by atoms with Crippen molar-refractivity contribution in [3.63, 3.8) is 0 Å². The van der Waals surface area contributed by atoms with E-state index in [0.29, 0.717) is 11.3 Å². The number of nitrogens with zero attached hydrogens (tertiary/aromatic N) is 6. The van der Waals surface area contributed by atoms with Gasteiger partial charge in [0, 0.05) is 26.2 Å². The van der Waals surface area contributed by atoms with E-state index < -0.39 is 0 Å². The van der Waals surface area contributed by atoms with Crippen molar-refractivity contribution in [1.29, 1.82) is 0 Å². The topological polar surface area (TPSA) is 62.1 Å². The van der Waals surface area contributed by atoms with Crippen LogP contribution in [-0.4, -0.2) is 62.9 Å². The smallest absolute Gasteiger partial charge is 0.168 e. The van der Waals surface area contributed by atoms with Gasteiger partial charge in [-0.3, -0.25) is 0 Å². The molecule has 4 rings (SSSR count). The molecule has 0 unspecified atom stereocenters. The minimum Gasteiger partial charge on any atom is -0.304 e. The number of hydrogen-bond acceptors (Lipinski definition) is 6. The average molecular weight is 341 g/mol. The lowest BCUT2D eigenvalue weighted by Crippen LogP contribution is -2.47. The number of hydrazine groups is 1. The molecular formula is C17H20FN7. The Bertz CT molecular complexity index is 899. The number of halogens is 1. The molecule has 25 heavy (non-hydrogen) atoms. The summed E-state index contributed by atoms with van der Waals surface area (Å²) in [4.78, 5) is 11.1. The summed E-state index contributed by atoms with van der Waals surface area (Å²) < 4.78 is 15.2. The first-order chi connectivity index (χ1) is 12.1. The summed E-state index contributed by atoms with van der Waals surface area (Å²) in [7, 11) is 2.12. The third-order valence-corrected chi connectivity index (χ3v) is 4.46. The Hall–Kier alpha value is -2.58. The third-order valence-electron chi connectivity index (χ3n) is 4.46. The van der Waals surface area contributed by atoms with Gasteiger partial charge in [-0.2, -0.15) is 5.10 Å². The standard InChI is InChI=1S/C17H20FN7/c1-12-15-16(22-24-8-6-23(2)7-9-24)19-11-20-17(15)25(21-12)14-5-3-4-13(18)10-14/h3-5,10-11H,6-9H2,1-2H3,(H,19,20,22). The van der Waals surface area contributed by atoms with Crippen LogP contribution in [0.25, 0.3) is 16.7 Å². The number of nitrogens with one attached hydrogen (secondary N) is 1. The van der Waals surface area contributed by atoms with E-state index in [-0.39, 0.29) is 5.82 Å². The molecule has 0 radical (unpaired) electrons. The Kier molecular flexibility index (Phi) is 4.06. The van der Waals surface area contributed by atoms with Crippen molar-refractivity contribution in [3.8, 4) is 5.69 Å². The molecule has 0 saturated carbocycles. The van der Waals surface area contributed by atoms with Gasteiger partial charge in [0.05, 0.1) is 16.8 Å². The van der Waals surface area contributed by atoms with Crippen molar-refractivity contribution in [3.05, 3.63) is 42.1 Å². The largest absolute Gasteiger partial charge is 0.304 e. The Morgan fingerprint density at radius 1 is 1.12 bits per heavy atom. The number of likely N-dealkylation sites (N-methyl/N-ethyl adjacent to an activating group) is 1. The molecule has 3 aromatic rings. The number of hydrogen-bond donors (Lipinski definition) is 1. The maximum atomic E-state index is 13.6.